The number of fused-ring (bicyclic) bond motifs is 1. The molecule has 0 spiro atoms. The second kappa shape index (κ2) is 5.45. The quantitative estimate of drug-likeness (QED) is 0.823. The average Bonchev–Trinajstić information content (AvgIpc) is 2.85. The van der Waals surface area contributed by atoms with E-state index in [-0.39, 0.29) is 0 Å². The SMILES string of the molecule is c1cc2c(cc1SCC1CCNCC1)CCC2. The van der Waals surface area contributed by atoms with Gasteiger partial charge in [0.2, 0.25) is 0 Å². The van der Waals surface area contributed by atoms with Crippen molar-refractivity contribution in [2.45, 2.75) is 37.0 Å². The molecular formula is C15H21NS. The van der Waals surface area contributed by atoms with E-state index in [0.717, 1.165) is 5.92 Å². The van der Waals surface area contributed by atoms with Crippen LogP contribution in [0.25, 0.3) is 0 Å². The monoisotopic (exact) mass is 247 g/mol. The lowest BCUT2D eigenvalue weighted by Gasteiger charge is -2.22. The molecule has 1 heterocycles. The molecule has 2 aliphatic rings. The summed E-state index contributed by atoms with van der Waals surface area (Å²) in [5.74, 6) is 2.23. The van der Waals surface area contributed by atoms with E-state index in [1.807, 2.05) is 0 Å². The van der Waals surface area contributed by atoms with Crippen LogP contribution in [-0.2, 0) is 12.8 Å². The van der Waals surface area contributed by atoms with Gasteiger partial charge in [0.05, 0.1) is 0 Å². The van der Waals surface area contributed by atoms with Gasteiger partial charge in [-0.1, -0.05) is 6.07 Å². The summed E-state index contributed by atoms with van der Waals surface area (Å²) in [6.07, 6.45) is 6.68. The van der Waals surface area contributed by atoms with Gasteiger partial charge in [0.1, 0.15) is 0 Å². The highest BCUT2D eigenvalue weighted by molar-refractivity contribution is 7.99. The highest BCUT2D eigenvalue weighted by Crippen LogP contribution is 2.29. The minimum Gasteiger partial charge on any atom is -0.317 e. The Balaban J connectivity index is 1.57. The number of piperidine rings is 1. The van der Waals surface area contributed by atoms with Crippen molar-refractivity contribution < 1.29 is 0 Å². The van der Waals surface area contributed by atoms with Crippen molar-refractivity contribution >= 4 is 11.8 Å². The molecular weight excluding hydrogens is 226 g/mol. The van der Waals surface area contributed by atoms with Gasteiger partial charge in [-0.25, -0.2) is 0 Å². The van der Waals surface area contributed by atoms with E-state index >= 15 is 0 Å². The number of thioether (sulfide) groups is 1. The van der Waals surface area contributed by atoms with Crippen molar-refractivity contribution in [3.63, 3.8) is 0 Å². The van der Waals surface area contributed by atoms with E-state index < -0.39 is 0 Å². The van der Waals surface area contributed by atoms with Crippen LogP contribution in [0.2, 0.25) is 0 Å². The molecule has 1 N–H and O–H groups in total. The summed E-state index contributed by atoms with van der Waals surface area (Å²) in [5, 5.41) is 3.44. The third-order valence-corrected chi connectivity index (χ3v) is 5.24. The maximum Gasteiger partial charge on any atom is 0.00749 e. The van der Waals surface area contributed by atoms with Crippen LogP contribution >= 0.6 is 11.8 Å². The Morgan fingerprint density at radius 2 is 1.94 bits per heavy atom. The Hall–Kier alpha value is -0.470. The van der Waals surface area contributed by atoms with Gasteiger partial charge >= 0.3 is 0 Å². The zero-order valence-corrected chi connectivity index (χ0v) is 11.2. The maximum atomic E-state index is 3.44. The van der Waals surface area contributed by atoms with Crippen molar-refractivity contribution in [1.82, 2.24) is 5.32 Å². The first-order valence-corrected chi connectivity index (χ1v) is 7.86. The molecule has 2 heteroatoms. The van der Waals surface area contributed by atoms with Crippen LogP contribution in [0.1, 0.15) is 30.4 Å². The molecule has 1 nitrogen and oxygen atoms in total. The van der Waals surface area contributed by atoms with E-state index in [1.165, 1.54) is 55.8 Å². The van der Waals surface area contributed by atoms with Gasteiger partial charge in [0.25, 0.3) is 0 Å². The fraction of sp³-hybridized carbons (Fsp3) is 0.600. The summed E-state index contributed by atoms with van der Waals surface area (Å²) in [7, 11) is 0. The van der Waals surface area contributed by atoms with Crippen molar-refractivity contribution in [2.24, 2.45) is 5.92 Å². The van der Waals surface area contributed by atoms with Crippen LogP contribution < -0.4 is 5.32 Å². The topological polar surface area (TPSA) is 12.0 Å². The second-order valence-electron chi connectivity index (χ2n) is 5.29. The normalized spacial score (nSPS) is 20.5. The summed E-state index contributed by atoms with van der Waals surface area (Å²) in [4.78, 5) is 1.49. The van der Waals surface area contributed by atoms with E-state index in [4.69, 9.17) is 0 Å². The van der Waals surface area contributed by atoms with Gasteiger partial charge in [0, 0.05) is 10.6 Å². The molecule has 0 unspecified atom stereocenters. The molecule has 17 heavy (non-hydrogen) atoms. The molecule has 0 radical (unpaired) electrons. The smallest absolute Gasteiger partial charge is 0.00749 e. The number of rotatable bonds is 3. The molecule has 1 fully saturated rings. The van der Waals surface area contributed by atoms with Crippen molar-refractivity contribution in [3.8, 4) is 0 Å². The second-order valence-corrected chi connectivity index (χ2v) is 6.38. The Morgan fingerprint density at radius 1 is 1.12 bits per heavy atom. The van der Waals surface area contributed by atoms with Gasteiger partial charge in [-0.3, -0.25) is 0 Å². The first kappa shape index (κ1) is 11.6. The maximum absolute atomic E-state index is 3.44. The fourth-order valence-corrected chi connectivity index (χ4v) is 4.05. The fourth-order valence-electron chi connectivity index (χ4n) is 2.90. The average molecular weight is 247 g/mol. The Morgan fingerprint density at radius 3 is 2.82 bits per heavy atom. The third-order valence-electron chi connectivity index (χ3n) is 4.01. The number of benzene rings is 1. The first-order valence-electron chi connectivity index (χ1n) is 6.87. The minimum absolute atomic E-state index is 0.925. The Kier molecular flexibility index (Phi) is 3.72. The molecule has 0 bridgehead atoms. The van der Waals surface area contributed by atoms with Crippen LogP contribution in [0, 0.1) is 5.92 Å². The third kappa shape index (κ3) is 2.86. The van der Waals surface area contributed by atoms with Gasteiger partial charge in [-0.15, -0.1) is 11.8 Å². The largest absolute Gasteiger partial charge is 0.317 e. The summed E-state index contributed by atoms with van der Waals surface area (Å²) in [6.45, 7) is 2.44. The van der Waals surface area contributed by atoms with E-state index in [1.54, 1.807) is 11.1 Å². The van der Waals surface area contributed by atoms with Crippen molar-refractivity contribution in [2.75, 3.05) is 18.8 Å². The molecule has 1 aromatic rings. The zero-order valence-electron chi connectivity index (χ0n) is 10.4. The highest BCUT2D eigenvalue weighted by atomic mass is 32.2. The van der Waals surface area contributed by atoms with E-state index in [2.05, 4.69) is 35.3 Å². The van der Waals surface area contributed by atoms with Crippen LogP contribution in [0.15, 0.2) is 23.1 Å². The summed E-state index contributed by atoms with van der Waals surface area (Å²) >= 11 is 2.07. The molecule has 3 rings (SSSR count). The first-order chi connectivity index (χ1) is 8.42. The Labute approximate surface area is 108 Å². The van der Waals surface area contributed by atoms with Gasteiger partial charge < -0.3 is 5.32 Å². The van der Waals surface area contributed by atoms with Crippen LogP contribution in [0.5, 0.6) is 0 Å². The van der Waals surface area contributed by atoms with E-state index in [0.29, 0.717) is 0 Å². The molecule has 1 saturated heterocycles. The molecule has 1 aliphatic heterocycles. The van der Waals surface area contributed by atoms with E-state index in [9.17, 15) is 0 Å². The van der Waals surface area contributed by atoms with Crippen molar-refractivity contribution in [3.05, 3.63) is 29.3 Å². The standard InChI is InChI=1S/C15H21NS/c1-2-13-4-5-15(10-14(13)3-1)17-11-12-6-8-16-9-7-12/h4-5,10,12,16H,1-3,6-9,11H2. The summed E-state index contributed by atoms with van der Waals surface area (Å²) < 4.78 is 0. The number of hydrogen-bond acceptors (Lipinski definition) is 2. The molecule has 1 aliphatic carbocycles. The summed E-state index contributed by atoms with van der Waals surface area (Å²) in [6, 6.07) is 7.12. The lowest BCUT2D eigenvalue weighted by atomic mass is 10.0. The number of nitrogens with one attached hydrogen (secondary N) is 1. The summed E-state index contributed by atoms with van der Waals surface area (Å²) in [5.41, 5.74) is 3.21. The van der Waals surface area contributed by atoms with Gasteiger partial charge in [-0.2, -0.15) is 0 Å². The Bertz CT molecular complexity index is 383. The minimum atomic E-state index is 0.925. The number of hydrogen-bond donors (Lipinski definition) is 1. The molecule has 0 saturated carbocycles. The number of aryl methyl sites for hydroxylation is 2. The van der Waals surface area contributed by atoms with Crippen LogP contribution in [-0.4, -0.2) is 18.8 Å². The predicted molar refractivity (Wildman–Crippen MR) is 74.8 cm³/mol. The lowest BCUT2D eigenvalue weighted by Crippen LogP contribution is -2.28. The predicted octanol–water partition coefficient (Wildman–Crippen LogP) is 3.27. The molecule has 1 aromatic carbocycles. The van der Waals surface area contributed by atoms with Gasteiger partial charge in [-0.05, 0) is 74.4 Å². The lowest BCUT2D eigenvalue weighted by molar-refractivity contribution is 0.408. The van der Waals surface area contributed by atoms with Crippen LogP contribution in [0.3, 0.4) is 0 Å². The van der Waals surface area contributed by atoms with Crippen LogP contribution in [0.4, 0.5) is 0 Å². The molecule has 0 atom stereocenters. The molecule has 0 amide bonds. The molecule has 92 valence electrons. The zero-order chi connectivity index (χ0) is 11.5. The van der Waals surface area contributed by atoms with Gasteiger partial charge in [0.15, 0.2) is 0 Å². The highest BCUT2D eigenvalue weighted by Gasteiger charge is 2.14. The molecule has 0 aromatic heterocycles. The van der Waals surface area contributed by atoms with Crippen molar-refractivity contribution in [1.29, 1.82) is 0 Å².